The molecule has 0 spiro atoms. The molecule has 0 unspecified atom stereocenters. The van der Waals surface area contributed by atoms with E-state index in [9.17, 15) is 18.0 Å². The first kappa shape index (κ1) is 26.1. The Hall–Kier alpha value is -2.48. The van der Waals surface area contributed by atoms with Crippen LogP contribution in [-0.2, 0) is 25.5 Å². The molecular weight excluding hydrogens is 597 g/mol. The smallest absolute Gasteiger partial charge is 0.359 e. The maximum atomic E-state index is 13.4. The van der Waals surface area contributed by atoms with E-state index in [1.807, 2.05) is 12.1 Å². The fourth-order valence-corrected chi connectivity index (χ4v) is 4.03. The van der Waals surface area contributed by atoms with Gasteiger partial charge in [-0.3, -0.25) is 8.98 Å². The molecule has 0 fully saturated rings. The maximum Gasteiger partial charge on any atom is 0.359 e. The van der Waals surface area contributed by atoms with Gasteiger partial charge in [-0.1, -0.05) is 17.7 Å². The Balaban J connectivity index is 2.14. The SMILES string of the molecule is CCOC(=O)c1nn(-c2cccc(Cl)c2)c(C(=O)Nc2ccc(I)cc2)c1CCOS(C)(=O)=O. The summed E-state index contributed by atoms with van der Waals surface area (Å²) in [6.07, 6.45) is 0.830. The predicted molar refractivity (Wildman–Crippen MR) is 136 cm³/mol. The van der Waals surface area contributed by atoms with Gasteiger partial charge >= 0.3 is 5.97 Å². The Kier molecular flexibility index (Phi) is 8.68. The van der Waals surface area contributed by atoms with Crippen LogP contribution in [0.5, 0.6) is 0 Å². The number of ether oxygens (including phenoxy) is 1. The lowest BCUT2D eigenvalue weighted by molar-refractivity contribution is 0.0517. The van der Waals surface area contributed by atoms with Crippen LogP contribution in [0.2, 0.25) is 5.02 Å². The molecule has 0 saturated heterocycles. The lowest BCUT2D eigenvalue weighted by Crippen LogP contribution is -2.20. The molecule has 3 aromatic rings. The third kappa shape index (κ3) is 6.78. The number of hydrogen-bond donors (Lipinski definition) is 1. The number of aromatic nitrogens is 2. The van der Waals surface area contributed by atoms with E-state index >= 15 is 0 Å². The molecule has 180 valence electrons. The summed E-state index contributed by atoms with van der Waals surface area (Å²) in [6, 6.07) is 13.7. The van der Waals surface area contributed by atoms with Crippen LogP contribution >= 0.6 is 34.2 Å². The highest BCUT2D eigenvalue weighted by Crippen LogP contribution is 2.24. The molecule has 0 bridgehead atoms. The van der Waals surface area contributed by atoms with Gasteiger partial charge in [0.1, 0.15) is 5.69 Å². The van der Waals surface area contributed by atoms with E-state index in [-0.39, 0.29) is 36.6 Å². The van der Waals surface area contributed by atoms with Crippen molar-refractivity contribution in [3.63, 3.8) is 0 Å². The van der Waals surface area contributed by atoms with Gasteiger partial charge in [0, 0.05) is 26.3 Å². The topological polar surface area (TPSA) is 117 Å². The van der Waals surface area contributed by atoms with Gasteiger partial charge < -0.3 is 10.1 Å². The van der Waals surface area contributed by atoms with E-state index in [0.717, 1.165) is 9.83 Å². The van der Waals surface area contributed by atoms with E-state index in [0.29, 0.717) is 16.4 Å². The second-order valence-electron chi connectivity index (χ2n) is 7.03. The molecule has 12 heteroatoms. The lowest BCUT2D eigenvalue weighted by Gasteiger charge is -2.11. The van der Waals surface area contributed by atoms with Crippen LogP contribution in [0, 0.1) is 3.57 Å². The summed E-state index contributed by atoms with van der Waals surface area (Å²) in [7, 11) is -3.74. The van der Waals surface area contributed by atoms with Crippen molar-refractivity contribution in [3.8, 4) is 5.69 Å². The van der Waals surface area contributed by atoms with Crippen molar-refractivity contribution >= 4 is 61.9 Å². The number of anilines is 1. The molecule has 0 aliphatic rings. The highest BCUT2D eigenvalue weighted by molar-refractivity contribution is 14.1. The highest BCUT2D eigenvalue weighted by Gasteiger charge is 2.29. The van der Waals surface area contributed by atoms with Crippen molar-refractivity contribution in [2.75, 3.05) is 24.8 Å². The Morgan fingerprint density at radius 2 is 1.88 bits per heavy atom. The Labute approximate surface area is 215 Å². The summed E-state index contributed by atoms with van der Waals surface area (Å²) in [4.78, 5) is 26.1. The maximum absolute atomic E-state index is 13.4. The second kappa shape index (κ2) is 11.3. The molecule has 2 aromatic carbocycles. The van der Waals surface area contributed by atoms with Gasteiger partial charge in [-0.25, -0.2) is 9.48 Å². The molecule has 1 aromatic heterocycles. The lowest BCUT2D eigenvalue weighted by atomic mass is 10.1. The van der Waals surface area contributed by atoms with E-state index in [2.05, 4.69) is 33.0 Å². The van der Waals surface area contributed by atoms with Crippen molar-refractivity contribution < 1.29 is 26.9 Å². The van der Waals surface area contributed by atoms with Crippen LogP contribution in [0.1, 0.15) is 33.5 Å². The second-order valence-corrected chi connectivity index (χ2v) is 10.4. The number of carbonyl (C=O) groups excluding carboxylic acids is 2. The summed E-state index contributed by atoms with van der Waals surface area (Å²) >= 11 is 8.29. The first-order valence-corrected chi connectivity index (χ1v) is 13.3. The average molecular weight is 618 g/mol. The number of halogens is 2. The highest BCUT2D eigenvalue weighted by atomic mass is 127. The number of rotatable bonds is 9. The van der Waals surface area contributed by atoms with Gasteiger partial charge in [-0.15, -0.1) is 0 Å². The Morgan fingerprint density at radius 3 is 2.50 bits per heavy atom. The Morgan fingerprint density at radius 1 is 1.18 bits per heavy atom. The van der Waals surface area contributed by atoms with Crippen LogP contribution < -0.4 is 5.32 Å². The Bertz CT molecular complexity index is 1310. The van der Waals surface area contributed by atoms with Crippen molar-refractivity contribution in [1.29, 1.82) is 0 Å². The van der Waals surface area contributed by atoms with E-state index in [1.165, 1.54) is 4.68 Å². The van der Waals surface area contributed by atoms with E-state index in [4.69, 9.17) is 20.5 Å². The molecular formula is C22H21ClIN3O6S. The third-order valence-corrected chi connectivity index (χ3v) is 6.02. The van der Waals surface area contributed by atoms with E-state index in [1.54, 1.807) is 43.3 Å². The minimum absolute atomic E-state index is 0.0287. The van der Waals surface area contributed by atoms with Gasteiger partial charge in [-0.05, 0) is 72.0 Å². The van der Waals surface area contributed by atoms with Crippen molar-refractivity contribution in [2.24, 2.45) is 0 Å². The number of benzene rings is 2. The van der Waals surface area contributed by atoms with Crippen molar-refractivity contribution in [2.45, 2.75) is 13.3 Å². The molecule has 34 heavy (non-hydrogen) atoms. The largest absolute Gasteiger partial charge is 0.461 e. The van der Waals surface area contributed by atoms with Crippen molar-refractivity contribution in [1.82, 2.24) is 9.78 Å². The zero-order valence-corrected chi connectivity index (χ0v) is 22.0. The van der Waals surface area contributed by atoms with Gasteiger partial charge in [0.05, 0.1) is 25.2 Å². The fourth-order valence-electron chi connectivity index (χ4n) is 3.10. The molecule has 9 nitrogen and oxygen atoms in total. The van der Waals surface area contributed by atoms with Crippen LogP contribution in [-0.4, -0.2) is 49.5 Å². The quantitative estimate of drug-likeness (QED) is 0.219. The summed E-state index contributed by atoms with van der Waals surface area (Å²) in [5.41, 5.74) is 1.05. The van der Waals surface area contributed by atoms with Crippen LogP contribution in [0.4, 0.5) is 5.69 Å². The molecule has 0 aliphatic heterocycles. The molecule has 0 radical (unpaired) electrons. The molecule has 0 aliphatic carbocycles. The van der Waals surface area contributed by atoms with Gasteiger partial charge in [0.15, 0.2) is 5.69 Å². The summed E-state index contributed by atoms with van der Waals surface area (Å²) < 4.78 is 35.2. The third-order valence-electron chi connectivity index (χ3n) is 4.47. The molecule has 0 atom stereocenters. The fraction of sp³-hybridized carbons (Fsp3) is 0.227. The molecule has 1 N–H and O–H groups in total. The zero-order valence-electron chi connectivity index (χ0n) is 18.2. The van der Waals surface area contributed by atoms with Gasteiger partial charge in [-0.2, -0.15) is 13.5 Å². The van der Waals surface area contributed by atoms with Crippen LogP contribution in [0.25, 0.3) is 5.69 Å². The molecule has 1 amide bonds. The number of nitrogens with zero attached hydrogens (tertiary/aromatic N) is 2. The molecule has 1 heterocycles. The number of esters is 1. The standard InChI is InChI=1S/C22H21ClIN3O6S/c1-3-32-22(29)19-18(11-12-33-34(2,30)31)20(21(28)25-16-9-7-15(24)8-10-16)27(26-19)17-6-4-5-14(23)13-17/h4-10,13H,3,11-12H2,1-2H3,(H,25,28). The monoisotopic (exact) mass is 617 g/mol. The summed E-state index contributed by atoms with van der Waals surface area (Å²) in [6.45, 7) is 1.44. The molecule has 0 saturated carbocycles. The summed E-state index contributed by atoms with van der Waals surface area (Å²) in [5.74, 6) is -1.31. The number of carbonyl (C=O) groups is 2. The number of amides is 1. The predicted octanol–water partition coefficient (Wildman–Crippen LogP) is 4.08. The summed E-state index contributed by atoms with van der Waals surface area (Å²) in [5, 5.41) is 7.54. The first-order valence-electron chi connectivity index (χ1n) is 10.1. The van der Waals surface area contributed by atoms with Gasteiger partial charge in [0.25, 0.3) is 16.0 Å². The van der Waals surface area contributed by atoms with Gasteiger partial charge in [0.2, 0.25) is 0 Å². The normalized spacial score (nSPS) is 11.3. The minimum atomic E-state index is -3.74. The number of hydrogen-bond acceptors (Lipinski definition) is 7. The van der Waals surface area contributed by atoms with E-state index < -0.39 is 22.0 Å². The average Bonchev–Trinajstić information content (AvgIpc) is 3.14. The first-order chi connectivity index (χ1) is 16.1. The number of nitrogens with one attached hydrogen (secondary N) is 1. The van der Waals surface area contributed by atoms with Crippen LogP contribution in [0.3, 0.4) is 0 Å². The molecule has 3 rings (SSSR count). The minimum Gasteiger partial charge on any atom is -0.461 e. The van der Waals surface area contributed by atoms with Crippen LogP contribution in [0.15, 0.2) is 48.5 Å². The zero-order chi connectivity index (χ0) is 24.9. The van der Waals surface area contributed by atoms with Crippen molar-refractivity contribution in [3.05, 3.63) is 74.1 Å².